The maximum Gasteiger partial charge on any atom is 0.358 e. The van der Waals surface area contributed by atoms with Crippen LogP contribution in [-0.4, -0.2) is 38.3 Å². The van der Waals surface area contributed by atoms with Crippen LogP contribution in [-0.2, 0) is 4.74 Å². The van der Waals surface area contributed by atoms with Gasteiger partial charge in [0.25, 0.3) is 0 Å². The van der Waals surface area contributed by atoms with Crippen LogP contribution in [0.25, 0.3) is 5.65 Å². The van der Waals surface area contributed by atoms with Gasteiger partial charge in [0.1, 0.15) is 0 Å². The highest BCUT2D eigenvalue weighted by molar-refractivity contribution is 9.09. The molecule has 0 aromatic carbocycles. The summed E-state index contributed by atoms with van der Waals surface area (Å²) in [6.45, 7) is 2.01. The molecule has 0 N–H and O–H groups in total. The molecule has 0 spiro atoms. The molecular formula is C11H10BrN3O3. The van der Waals surface area contributed by atoms with Crippen molar-refractivity contribution in [2.75, 3.05) is 11.9 Å². The van der Waals surface area contributed by atoms with Crippen molar-refractivity contribution in [2.24, 2.45) is 0 Å². The number of halogens is 1. The van der Waals surface area contributed by atoms with E-state index in [1.54, 1.807) is 6.92 Å². The van der Waals surface area contributed by atoms with E-state index < -0.39 is 5.97 Å². The molecular weight excluding hydrogens is 302 g/mol. The number of hydrogen-bond donors (Lipinski definition) is 0. The monoisotopic (exact) mass is 311 g/mol. The summed E-state index contributed by atoms with van der Waals surface area (Å²) < 4.78 is 6.23. The third-order valence-corrected chi connectivity index (χ3v) is 2.75. The topological polar surface area (TPSA) is 73.6 Å². The molecule has 0 atom stereocenters. The van der Waals surface area contributed by atoms with Crippen molar-refractivity contribution in [2.45, 2.75) is 6.92 Å². The van der Waals surface area contributed by atoms with Crippen LogP contribution < -0.4 is 0 Å². The standard InChI is InChI=1S/C11H10BrN3O3/c1-2-18-11(17)8-3-10-13-5-7(9(16)4-12)6-15(10)14-8/h3,5-6H,2,4H2,1H3. The predicted octanol–water partition coefficient (Wildman–Crippen LogP) is 1.48. The second-order valence-corrected chi connectivity index (χ2v) is 4.01. The van der Waals surface area contributed by atoms with Crippen molar-refractivity contribution >= 4 is 33.3 Å². The minimum atomic E-state index is -0.503. The molecule has 0 amide bonds. The number of alkyl halides is 1. The van der Waals surface area contributed by atoms with Crippen molar-refractivity contribution in [3.8, 4) is 0 Å². The van der Waals surface area contributed by atoms with Crippen molar-refractivity contribution in [1.29, 1.82) is 0 Å². The lowest BCUT2D eigenvalue weighted by molar-refractivity contribution is 0.0519. The molecule has 0 bridgehead atoms. The van der Waals surface area contributed by atoms with E-state index in [0.717, 1.165) is 0 Å². The first-order valence-corrected chi connectivity index (χ1v) is 6.39. The molecule has 18 heavy (non-hydrogen) atoms. The number of nitrogens with zero attached hydrogens (tertiary/aromatic N) is 3. The Morgan fingerprint density at radius 3 is 2.94 bits per heavy atom. The zero-order chi connectivity index (χ0) is 13.1. The Labute approximate surface area is 111 Å². The molecule has 7 heteroatoms. The number of hydrogen-bond acceptors (Lipinski definition) is 5. The van der Waals surface area contributed by atoms with Crippen molar-refractivity contribution in [3.05, 3.63) is 29.7 Å². The predicted molar refractivity (Wildman–Crippen MR) is 67.1 cm³/mol. The van der Waals surface area contributed by atoms with Gasteiger partial charge in [-0.05, 0) is 6.92 Å². The van der Waals surface area contributed by atoms with Crippen LogP contribution in [0.15, 0.2) is 18.5 Å². The normalized spacial score (nSPS) is 10.6. The number of ether oxygens (including phenoxy) is 1. The largest absolute Gasteiger partial charge is 0.461 e. The van der Waals surface area contributed by atoms with E-state index in [4.69, 9.17) is 4.74 Å². The molecule has 0 aliphatic heterocycles. The van der Waals surface area contributed by atoms with Gasteiger partial charge in [-0.15, -0.1) is 0 Å². The van der Waals surface area contributed by atoms with Crippen LogP contribution >= 0.6 is 15.9 Å². The summed E-state index contributed by atoms with van der Waals surface area (Å²) in [6.07, 6.45) is 2.99. The quantitative estimate of drug-likeness (QED) is 0.486. The molecule has 94 valence electrons. The average molecular weight is 312 g/mol. The lowest BCUT2D eigenvalue weighted by Crippen LogP contribution is -2.06. The van der Waals surface area contributed by atoms with E-state index in [2.05, 4.69) is 26.0 Å². The van der Waals surface area contributed by atoms with Gasteiger partial charge < -0.3 is 4.74 Å². The number of carbonyl (C=O) groups excluding carboxylic acids is 2. The number of rotatable bonds is 4. The Morgan fingerprint density at radius 2 is 2.28 bits per heavy atom. The zero-order valence-corrected chi connectivity index (χ0v) is 11.2. The van der Waals surface area contributed by atoms with Crippen LogP contribution in [0.5, 0.6) is 0 Å². The molecule has 0 radical (unpaired) electrons. The van der Waals surface area contributed by atoms with Gasteiger partial charge in [-0.3, -0.25) is 4.79 Å². The van der Waals surface area contributed by atoms with Gasteiger partial charge in [0, 0.05) is 18.5 Å². The fourth-order valence-electron chi connectivity index (χ4n) is 1.40. The maximum absolute atomic E-state index is 11.5. The highest BCUT2D eigenvalue weighted by Gasteiger charge is 2.13. The first-order valence-electron chi connectivity index (χ1n) is 5.27. The number of aromatic nitrogens is 3. The lowest BCUT2D eigenvalue weighted by atomic mass is 10.2. The van der Waals surface area contributed by atoms with Gasteiger partial charge in [0.05, 0.1) is 17.5 Å². The zero-order valence-electron chi connectivity index (χ0n) is 9.59. The number of esters is 1. The number of Topliss-reactive ketones (excluding diaryl/α,β-unsaturated/α-hetero) is 1. The van der Waals surface area contributed by atoms with Gasteiger partial charge in [-0.2, -0.15) is 5.10 Å². The Kier molecular flexibility index (Phi) is 3.71. The van der Waals surface area contributed by atoms with E-state index in [1.807, 2.05) is 0 Å². The lowest BCUT2D eigenvalue weighted by Gasteiger charge is -1.97. The van der Waals surface area contributed by atoms with Gasteiger partial charge >= 0.3 is 5.97 Å². The Balaban J connectivity index is 2.39. The molecule has 0 unspecified atom stereocenters. The van der Waals surface area contributed by atoms with E-state index >= 15 is 0 Å². The molecule has 2 aromatic heterocycles. The SMILES string of the molecule is CCOC(=O)c1cc2ncc(C(=O)CBr)cn2n1. The minimum Gasteiger partial charge on any atom is -0.461 e. The molecule has 0 fully saturated rings. The van der Waals surface area contributed by atoms with Gasteiger partial charge in [-0.1, -0.05) is 15.9 Å². The van der Waals surface area contributed by atoms with Crippen LogP contribution in [0.4, 0.5) is 0 Å². The summed E-state index contributed by atoms with van der Waals surface area (Å²) in [6, 6.07) is 1.51. The fraction of sp³-hybridized carbons (Fsp3) is 0.273. The Morgan fingerprint density at radius 1 is 1.50 bits per heavy atom. The van der Waals surface area contributed by atoms with Crippen LogP contribution in [0.1, 0.15) is 27.8 Å². The summed E-state index contributed by atoms with van der Waals surface area (Å²) >= 11 is 3.08. The van der Waals surface area contributed by atoms with Crippen LogP contribution in [0.2, 0.25) is 0 Å². The van der Waals surface area contributed by atoms with Crippen LogP contribution in [0.3, 0.4) is 0 Å². The molecule has 2 rings (SSSR count). The highest BCUT2D eigenvalue weighted by Crippen LogP contribution is 2.08. The molecule has 0 saturated carbocycles. The molecule has 0 aliphatic carbocycles. The fourth-order valence-corrected chi connectivity index (χ4v) is 1.73. The minimum absolute atomic E-state index is 0.0995. The van der Waals surface area contributed by atoms with Crippen molar-refractivity contribution in [1.82, 2.24) is 14.6 Å². The maximum atomic E-state index is 11.5. The molecule has 2 heterocycles. The molecule has 0 saturated heterocycles. The third-order valence-electron chi connectivity index (χ3n) is 2.24. The first-order chi connectivity index (χ1) is 8.65. The number of carbonyl (C=O) groups is 2. The Bertz CT molecular complexity index is 609. The van der Waals surface area contributed by atoms with E-state index in [-0.39, 0.29) is 23.4 Å². The van der Waals surface area contributed by atoms with Gasteiger partial charge in [-0.25, -0.2) is 14.3 Å². The Hall–Kier alpha value is -1.76. The molecule has 6 nitrogen and oxygen atoms in total. The summed E-state index contributed by atoms with van der Waals surface area (Å²) in [4.78, 5) is 27.0. The van der Waals surface area contributed by atoms with Crippen molar-refractivity contribution in [3.63, 3.8) is 0 Å². The van der Waals surface area contributed by atoms with E-state index in [0.29, 0.717) is 11.2 Å². The first kappa shape index (κ1) is 12.7. The highest BCUT2D eigenvalue weighted by atomic mass is 79.9. The van der Waals surface area contributed by atoms with Crippen LogP contribution in [0, 0.1) is 0 Å². The van der Waals surface area contributed by atoms with Crippen molar-refractivity contribution < 1.29 is 14.3 Å². The summed E-state index contributed by atoms with van der Waals surface area (Å²) in [5.74, 6) is -0.603. The smallest absolute Gasteiger partial charge is 0.358 e. The molecule has 2 aromatic rings. The second kappa shape index (κ2) is 5.26. The van der Waals surface area contributed by atoms with Gasteiger partial charge in [0.2, 0.25) is 0 Å². The summed E-state index contributed by atoms with van der Waals surface area (Å²) in [5.41, 5.74) is 1.09. The number of ketones is 1. The molecule has 0 aliphatic rings. The summed E-state index contributed by atoms with van der Waals surface area (Å²) in [7, 11) is 0. The average Bonchev–Trinajstić information content (AvgIpc) is 2.80. The summed E-state index contributed by atoms with van der Waals surface area (Å²) in [5, 5.41) is 4.24. The van der Waals surface area contributed by atoms with Gasteiger partial charge in [0.15, 0.2) is 17.1 Å². The number of fused-ring (bicyclic) bond motifs is 1. The second-order valence-electron chi connectivity index (χ2n) is 3.45. The van der Waals surface area contributed by atoms with E-state index in [1.165, 1.54) is 23.0 Å². The third kappa shape index (κ3) is 2.40. The van der Waals surface area contributed by atoms with E-state index in [9.17, 15) is 9.59 Å².